The van der Waals surface area contributed by atoms with Gasteiger partial charge in [0.05, 0.1) is 6.26 Å². The van der Waals surface area contributed by atoms with E-state index in [1.165, 1.54) is 12.3 Å². The third-order valence-electron chi connectivity index (χ3n) is 3.72. The number of esters is 1. The first-order valence-electron chi connectivity index (χ1n) is 8.25. The number of nitrogens with one attached hydrogen (secondary N) is 2. The van der Waals surface area contributed by atoms with Crippen LogP contribution in [-0.4, -0.2) is 30.4 Å². The van der Waals surface area contributed by atoms with Crippen LogP contribution in [0.25, 0.3) is 0 Å². The molecule has 0 saturated carbocycles. The number of rotatable bonds is 7. The summed E-state index contributed by atoms with van der Waals surface area (Å²) < 4.78 is 10.1. The maximum absolute atomic E-state index is 12.3. The second-order valence-electron chi connectivity index (χ2n) is 6.14. The van der Waals surface area contributed by atoms with Crippen LogP contribution >= 0.6 is 0 Å². The monoisotopic (exact) mass is 358 g/mol. The molecule has 2 rings (SSSR count). The number of carbonyl (C=O) groups is 3. The summed E-state index contributed by atoms with van der Waals surface area (Å²) in [6.45, 7) is 4.96. The molecule has 1 aromatic carbocycles. The standard InChI is InChI=1S/C19H22N2O5/c1-12(2)17(21-18(23)15-9-6-10-25-15)19(24)26-11-16(22)20-14-8-5-4-7-13(14)3/h4-10,12,17H,11H2,1-3H3,(H,20,22)(H,21,23)/t17-/m0/s1. The molecule has 7 nitrogen and oxygen atoms in total. The number of benzene rings is 1. The summed E-state index contributed by atoms with van der Waals surface area (Å²) in [5, 5.41) is 5.24. The Morgan fingerprint density at radius 1 is 1.12 bits per heavy atom. The summed E-state index contributed by atoms with van der Waals surface area (Å²) in [6.07, 6.45) is 1.37. The molecule has 0 spiro atoms. The van der Waals surface area contributed by atoms with Crippen LogP contribution in [0.2, 0.25) is 0 Å². The highest BCUT2D eigenvalue weighted by molar-refractivity contribution is 5.96. The van der Waals surface area contributed by atoms with Gasteiger partial charge in [-0.3, -0.25) is 9.59 Å². The molecule has 0 unspecified atom stereocenters. The van der Waals surface area contributed by atoms with Crippen LogP contribution in [0.4, 0.5) is 5.69 Å². The lowest BCUT2D eigenvalue weighted by molar-refractivity contribution is -0.150. The lowest BCUT2D eigenvalue weighted by Crippen LogP contribution is -2.45. The predicted octanol–water partition coefficient (Wildman–Crippen LogP) is 2.52. The van der Waals surface area contributed by atoms with Crippen LogP contribution in [0.1, 0.15) is 30.0 Å². The molecule has 0 aliphatic heterocycles. The average Bonchev–Trinajstić information content (AvgIpc) is 3.14. The number of ether oxygens (including phenoxy) is 1. The van der Waals surface area contributed by atoms with E-state index in [-0.39, 0.29) is 11.7 Å². The molecule has 2 amide bonds. The molecular weight excluding hydrogens is 336 g/mol. The van der Waals surface area contributed by atoms with Crippen molar-refractivity contribution in [2.24, 2.45) is 5.92 Å². The molecule has 0 aliphatic carbocycles. The molecule has 0 bridgehead atoms. The molecule has 1 atom stereocenters. The molecular formula is C19H22N2O5. The molecule has 2 N–H and O–H groups in total. The van der Waals surface area contributed by atoms with E-state index in [1.807, 2.05) is 19.1 Å². The number of hydrogen-bond acceptors (Lipinski definition) is 5. The van der Waals surface area contributed by atoms with Crippen LogP contribution in [0.5, 0.6) is 0 Å². The minimum atomic E-state index is -0.890. The van der Waals surface area contributed by atoms with Gasteiger partial charge in [0.1, 0.15) is 6.04 Å². The van der Waals surface area contributed by atoms with Crippen LogP contribution in [-0.2, 0) is 14.3 Å². The molecule has 0 saturated heterocycles. The summed E-state index contributed by atoms with van der Waals surface area (Å²) in [4.78, 5) is 36.3. The topological polar surface area (TPSA) is 97.6 Å². The van der Waals surface area contributed by atoms with Gasteiger partial charge in [0, 0.05) is 5.69 Å². The van der Waals surface area contributed by atoms with E-state index in [0.29, 0.717) is 5.69 Å². The Kier molecular flexibility index (Phi) is 6.54. The predicted molar refractivity (Wildman–Crippen MR) is 95.6 cm³/mol. The van der Waals surface area contributed by atoms with Gasteiger partial charge >= 0.3 is 5.97 Å². The maximum atomic E-state index is 12.3. The number of aryl methyl sites for hydroxylation is 1. The molecule has 138 valence electrons. The third-order valence-corrected chi connectivity index (χ3v) is 3.72. The Labute approximate surface area is 151 Å². The zero-order valence-corrected chi connectivity index (χ0v) is 14.9. The highest BCUT2D eigenvalue weighted by Gasteiger charge is 2.27. The van der Waals surface area contributed by atoms with E-state index in [4.69, 9.17) is 9.15 Å². The summed E-state index contributed by atoms with van der Waals surface area (Å²) in [5.74, 6) is -1.77. The van der Waals surface area contributed by atoms with Gasteiger partial charge in [-0.1, -0.05) is 32.0 Å². The summed E-state index contributed by atoms with van der Waals surface area (Å²) in [6, 6.07) is 9.46. The van der Waals surface area contributed by atoms with Crippen molar-refractivity contribution in [3.63, 3.8) is 0 Å². The molecule has 26 heavy (non-hydrogen) atoms. The number of hydrogen-bond donors (Lipinski definition) is 2. The fourth-order valence-corrected chi connectivity index (χ4v) is 2.24. The third kappa shape index (κ3) is 5.20. The molecule has 0 radical (unpaired) electrons. The second-order valence-corrected chi connectivity index (χ2v) is 6.14. The zero-order valence-electron chi connectivity index (χ0n) is 14.9. The van der Waals surface area contributed by atoms with Crippen molar-refractivity contribution in [3.8, 4) is 0 Å². The number of amides is 2. The van der Waals surface area contributed by atoms with Crippen molar-refractivity contribution in [2.45, 2.75) is 26.8 Å². The van der Waals surface area contributed by atoms with Crippen molar-refractivity contribution < 1.29 is 23.5 Å². The molecule has 0 fully saturated rings. The van der Waals surface area contributed by atoms with Crippen LogP contribution in [0, 0.1) is 12.8 Å². The lowest BCUT2D eigenvalue weighted by atomic mass is 10.0. The minimum Gasteiger partial charge on any atom is -0.459 e. The first-order valence-corrected chi connectivity index (χ1v) is 8.25. The number of furan rings is 1. The van der Waals surface area contributed by atoms with Gasteiger partial charge in [-0.25, -0.2) is 4.79 Å². The second kappa shape index (κ2) is 8.84. The van der Waals surface area contributed by atoms with E-state index < -0.39 is 30.4 Å². The van der Waals surface area contributed by atoms with Gasteiger partial charge in [0.15, 0.2) is 12.4 Å². The summed E-state index contributed by atoms with van der Waals surface area (Å²) in [5.41, 5.74) is 1.55. The van der Waals surface area contributed by atoms with E-state index in [9.17, 15) is 14.4 Å². The zero-order chi connectivity index (χ0) is 19.1. The Balaban J connectivity index is 1.90. The van der Waals surface area contributed by atoms with Gasteiger partial charge < -0.3 is 19.8 Å². The van der Waals surface area contributed by atoms with E-state index in [1.54, 1.807) is 32.0 Å². The summed E-state index contributed by atoms with van der Waals surface area (Å²) >= 11 is 0. The van der Waals surface area contributed by atoms with Gasteiger partial charge in [-0.2, -0.15) is 0 Å². The molecule has 1 aromatic heterocycles. The van der Waals surface area contributed by atoms with E-state index in [0.717, 1.165) is 5.56 Å². The summed E-state index contributed by atoms with van der Waals surface area (Å²) in [7, 11) is 0. The van der Waals surface area contributed by atoms with Gasteiger partial charge in [0.25, 0.3) is 11.8 Å². The lowest BCUT2D eigenvalue weighted by Gasteiger charge is -2.20. The van der Waals surface area contributed by atoms with Crippen LogP contribution in [0.15, 0.2) is 47.1 Å². The first kappa shape index (κ1) is 19.2. The van der Waals surface area contributed by atoms with Crippen molar-refractivity contribution >= 4 is 23.5 Å². The fraction of sp³-hybridized carbons (Fsp3) is 0.316. The van der Waals surface area contributed by atoms with Crippen molar-refractivity contribution in [2.75, 3.05) is 11.9 Å². The largest absolute Gasteiger partial charge is 0.459 e. The Bertz CT molecular complexity index is 768. The van der Waals surface area contributed by atoms with Gasteiger partial charge in [-0.15, -0.1) is 0 Å². The highest BCUT2D eigenvalue weighted by atomic mass is 16.5. The van der Waals surface area contributed by atoms with E-state index >= 15 is 0 Å². The Hall–Kier alpha value is -3.09. The average molecular weight is 358 g/mol. The minimum absolute atomic E-state index is 0.0979. The smallest absolute Gasteiger partial charge is 0.329 e. The Morgan fingerprint density at radius 2 is 1.85 bits per heavy atom. The van der Waals surface area contributed by atoms with Crippen molar-refractivity contribution in [1.82, 2.24) is 5.32 Å². The van der Waals surface area contributed by atoms with Crippen LogP contribution in [0.3, 0.4) is 0 Å². The quantitative estimate of drug-likeness (QED) is 0.741. The van der Waals surface area contributed by atoms with Gasteiger partial charge in [-0.05, 0) is 36.6 Å². The molecule has 0 aliphatic rings. The van der Waals surface area contributed by atoms with Crippen molar-refractivity contribution in [3.05, 3.63) is 54.0 Å². The number of carbonyl (C=O) groups excluding carboxylic acids is 3. The highest BCUT2D eigenvalue weighted by Crippen LogP contribution is 2.13. The van der Waals surface area contributed by atoms with Gasteiger partial charge in [0.2, 0.25) is 0 Å². The normalized spacial score (nSPS) is 11.7. The number of anilines is 1. The fourth-order valence-electron chi connectivity index (χ4n) is 2.24. The Morgan fingerprint density at radius 3 is 2.46 bits per heavy atom. The maximum Gasteiger partial charge on any atom is 0.329 e. The SMILES string of the molecule is Cc1ccccc1NC(=O)COC(=O)[C@@H](NC(=O)c1ccco1)C(C)C. The van der Waals surface area contributed by atoms with E-state index in [2.05, 4.69) is 10.6 Å². The number of para-hydroxylation sites is 1. The molecule has 1 heterocycles. The molecule has 2 aromatic rings. The van der Waals surface area contributed by atoms with Crippen molar-refractivity contribution in [1.29, 1.82) is 0 Å². The molecule has 7 heteroatoms. The van der Waals surface area contributed by atoms with Crippen LogP contribution < -0.4 is 10.6 Å². The first-order chi connectivity index (χ1) is 12.4.